The average molecular weight is 304 g/mol. The van der Waals surface area contributed by atoms with Crippen LogP contribution in [0.1, 0.15) is 26.2 Å². The molecule has 5 heteroatoms. The highest BCUT2D eigenvalue weighted by Crippen LogP contribution is 2.35. The van der Waals surface area contributed by atoms with Crippen molar-refractivity contribution in [2.75, 3.05) is 32.1 Å². The average Bonchev–Trinajstić information content (AvgIpc) is 3.33. The number of fused-ring (bicyclic) bond motifs is 1. The van der Waals surface area contributed by atoms with E-state index in [9.17, 15) is 4.79 Å². The minimum Gasteiger partial charge on any atom is -0.490 e. The van der Waals surface area contributed by atoms with Gasteiger partial charge in [0.05, 0.1) is 19.8 Å². The van der Waals surface area contributed by atoms with E-state index in [1.807, 2.05) is 25.2 Å². The second-order valence-corrected chi connectivity index (χ2v) is 6.25. The number of ether oxygens (including phenoxy) is 2. The van der Waals surface area contributed by atoms with Gasteiger partial charge in [0.2, 0.25) is 5.91 Å². The molecule has 3 rings (SSSR count). The lowest BCUT2D eigenvalue weighted by Crippen LogP contribution is -2.37. The minimum absolute atomic E-state index is 0.00416. The maximum atomic E-state index is 12.2. The van der Waals surface area contributed by atoms with E-state index in [0.29, 0.717) is 31.5 Å². The van der Waals surface area contributed by atoms with Crippen molar-refractivity contribution in [3.05, 3.63) is 18.2 Å². The molecule has 0 bridgehead atoms. The van der Waals surface area contributed by atoms with Gasteiger partial charge >= 0.3 is 0 Å². The van der Waals surface area contributed by atoms with E-state index >= 15 is 0 Å². The number of nitrogens with one attached hydrogen (secondary N) is 1. The Kier molecular flexibility index (Phi) is 4.52. The molecule has 1 unspecified atom stereocenters. The zero-order valence-electron chi connectivity index (χ0n) is 13.3. The van der Waals surface area contributed by atoms with Crippen LogP contribution >= 0.6 is 0 Å². The van der Waals surface area contributed by atoms with Gasteiger partial charge in [-0.05, 0) is 44.9 Å². The van der Waals surface area contributed by atoms with Crippen molar-refractivity contribution < 1.29 is 14.3 Å². The number of anilines is 1. The fourth-order valence-electron chi connectivity index (χ4n) is 2.75. The molecule has 120 valence electrons. The summed E-state index contributed by atoms with van der Waals surface area (Å²) in [5, 5.41) is 2.94. The zero-order valence-corrected chi connectivity index (χ0v) is 13.3. The number of amides is 1. The first-order valence-electron chi connectivity index (χ1n) is 8.03. The van der Waals surface area contributed by atoms with Crippen LogP contribution in [-0.4, -0.2) is 43.7 Å². The molecule has 1 saturated carbocycles. The van der Waals surface area contributed by atoms with Crippen LogP contribution in [-0.2, 0) is 4.79 Å². The summed E-state index contributed by atoms with van der Waals surface area (Å²) in [6.07, 6.45) is 3.45. The first-order valence-corrected chi connectivity index (χ1v) is 8.03. The predicted octanol–water partition coefficient (Wildman–Crippen LogP) is 2.52. The summed E-state index contributed by atoms with van der Waals surface area (Å²) in [5.74, 6) is 2.21. The Bertz CT molecular complexity index is 543. The Morgan fingerprint density at radius 2 is 2.05 bits per heavy atom. The van der Waals surface area contributed by atoms with Crippen molar-refractivity contribution >= 4 is 11.6 Å². The Morgan fingerprint density at radius 1 is 1.32 bits per heavy atom. The monoisotopic (exact) mass is 304 g/mol. The predicted molar refractivity (Wildman–Crippen MR) is 85.5 cm³/mol. The third-order valence-electron chi connectivity index (χ3n) is 4.42. The smallest absolute Gasteiger partial charge is 0.238 e. The summed E-state index contributed by atoms with van der Waals surface area (Å²) in [6.45, 7) is 3.92. The van der Waals surface area contributed by atoms with Crippen molar-refractivity contribution in [2.24, 2.45) is 5.92 Å². The first kappa shape index (κ1) is 15.2. The number of likely N-dealkylation sites (N-methyl/N-ethyl adjacent to an activating group) is 1. The number of rotatable bonds is 5. The molecule has 2 aliphatic rings. The third-order valence-corrected chi connectivity index (χ3v) is 4.42. The van der Waals surface area contributed by atoms with E-state index in [-0.39, 0.29) is 5.91 Å². The van der Waals surface area contributed by atoms with Crippen molar-refractivity contribution in [1.29, 1.82) is 0 Å². The van der Waals surface area contributed by atoms with Crippen LogP contribution in [0.25, 0.3) is 0 Å². The highest BCUT2D eigenvalue weighted by Gasteiger charge is 2.31. The largest absolute Gasteiger partial charge is 0.490 e. The van der Waals surface area contributed by atoms with Crippen molar-refractivity contribution in [3.63, 3.8) is 0 Å². The van der Waals surface area contributed by atoms with Crippen LogP contribution in [0.4, 0.5) is 5.69 Å². The molecule has 1 N–H and O–H groups in total. The molecule has 22 heavy (non-hydrogen) atoms. The molecular weight excluding hydrogens is 280 g/mol. The number of hydrogen-bond donors (Lipinski definition) is 1. The van der Waals surface area contributed by atoms with E-state index in [2.05, 4.69) is 17.1 Å². The van der Waals surface area contributed by atoms with Crippen molar-refractivity contribution in [1.82, 2.24) is 4.90 Å². The highest BCUT2D eigenvalue weighted by atomic mass is 16.5. The molecular formula is C17H24N2O3. The number of benzene rings is 1. The third kappa shape index (κ3) is 3.71. The van der Waals surface area contributed by atoms with Crippen molar-refractivity contribution in [3.8, 4) is 11.5 Å². The second-order valence-electron chi connectivity index (χ2n) is 6.25. The molecule has 1 heterocycles. The second kappa shape index (κ2) is 6.57. The SMILES string of the molecule is CC(C1CC1)N(C)CC(=O)Nc1ccc2c(c1)OCCCO2. The van der Waals surface area contributed by atoms with Crippen LogP contribution < -0.4 is 14.8 Å². The van der Waals surface area contributed by atoms with Gasteiger partial charge in [0.25, 0.3) is 0 Å². The van der Waals surface area contributed by atoms with Gasteiger partial charge in [-0.25, -0.2) is 0 Å². The van der Waals surface area contributed by atoms with Crippen LogP contribution in [0.15, 0.2) is 18.2 Å². The number of carbonyl (C=O) groups is 1. The maximum Gasteiger partial charge on any atom is 0.238 e. The van der Waals surface area contributed by atoms with Gasteiger partial charge in [-0.15, -0.1) is 0 Å². The maximum absolute atomic E-state index is 12.2. The quantitative estimate of drug-likeness (QED) is 0.908. The molecule has 1 aromatic carbocycles. The van der Waals surface area contributed by atoms with Gasteiger partial charge in [0.1, 0.15) is 0 Å². The molecule has 0 saturated heterocycles. The van der Waals surface area contributed by atoms with Gasteiger partial charge in [-0.3, -0.25) is 9.69 Å². The summed E-state index contributed by atoms with van der Waals surface area (Å²) in [4.78, 5) is 14.3. The summed E-state index contributed by atoms with van der Waals surface area (Å²) in [6, 6.07) is 6.01. The molecule has 0 spiro atoms. The van der Waals surface area contributed by atoms with E-state index in [0.717, 1.165) is 23.8 Å². The van der Waals surface area contributed by atoms with Crippen LogP contribution in [0.2, 0.25) is 0 Å². The Morgan fingerprint density at radius 3 is 2.77 bits per heavy atom. The molecule has 1 aromatic rings. The van der Waals surface area contributed by atoms with Gasteiger partial charge in [0, 0.05) is 24.2 Å². The van der Waals surface area contributed by atoms with E-state index < -0.39 is 0 Å². The van der Waals surface area contributed by atoms with E-state index in [1.165, 1.54) is 12.8 Å². The van der Waals surface area contributed by atoms with Gasteiger partial charge in [-0.2, -0.15) is 0 Å². The van der Waals surface area contributed by atoms with Crippen LogP contribution in [0, 0.1) is 5.92 Å². The van der Waals surface area contributed by atoms with Crippen LogP contribution in [0.3, 0.4) is 0 Å². The fourth-order valence-corrected chi connectivity index (χ4v) is 2.75. The summed E-state index contributed by atoms with van der Waals surface area (Å²) < 4.78 is 11.2. The lowest BCUT2D eigenvalue weighted by molar-refractivity contribution is -0.117. The van der Waals surface area contributed by atoms with E-state index in [4.69, 9.17) is 9.47 Å². The molecule has 1 amide bonds. The number of carbonyl (C=O) groups excluding carboxylic acids is 1. The molecule has 1 aliphatic carbocycles. The first-order chi connectivity index (χ1) is 10.6. The van der Waals surface area contributed by atoms with Crippen LogP contribution in [0.5, 0.6) is 11.5 Å². The van der Waals surface area contributed by atoms with Gasteiger partial charge in [0.15, 0.2) is 11.5 Å². The van der Waals surface area contributed by atoms with Crippen molar-refractivity contribution in [2.45, 2.75) is 32.2 Å². The summed E-state index contributed by atoms with van der Waals surface area (Å²) >= 11 is 0. The molecule has 1 atom stereocenters. The van der Waals surface area contributed by atoms with Gasteiger partial charge in [-0.1, -0.05) is 0 Å². The Hall–Kier alpha value is -1.75. The topological polar surface area (TPSA) is 50.8 Å². The molecule has 0 radical (unpaired) electrons. The standard InChI is InChI=1S/C17H24N2O3/c1-12(13-4-5-13)19(2)11-17(20)18-14-6-7-15-16(10-14)22-9-3-8-21-15/h6-7,10,12-13H,3-5,8-9,11H2,1-2H3,(H,18,20). The van der Waals surface area contributed by atoms with Gasteiger partial charge < -0.3 is 14.8 Å². The zero-order chi connectivity index (χ0) is 15.5. The lowest BCUT2D eigenvalue weighted by atomic mass is 10.2. The Balaban J connectivity index is 1.58. The normalized spacial score (nSPS) is 18.7. The fraction of sp³-hybridized carbons (Fsp3) is 0.588. The minimum atomic E-state index is 0.00416. The Labute approximate surface area is 131 Å². The van der Waals surface area contributed by atoms with E-state index in [1.54, 1.807) is 0 Å². The summed E-state index contributed by atoms with van der Waals surface area (Å²) in [7, 11) is 2.01. The summed E-state index contributed by atoms with van der Waals surface area (Å²) in [5.41, 5.74) is 0.752. The highest BCUT2D eigenvalue weighted by molar-refractivity contribution is 5.92. The molecule has 1 aliphatic heterocycles. The molecule has 1 fully saturated rings. The number of nitrogens with zero attached hydrogens (tertiary/aromatic N) is 1. The number of hydrogen-bond acceptors (Lipinski definition) is 4. The molecule has 5 nitrogen and oxygen atoms in total. The lowest BCUT2D eigenvalue weighted by Gasteiger charge is -2.23. The molecule has 0 aromatic heterocycles.